The van der Waals surface area contributed by atoms with E-state index in [9.17, 15) is 18.8 Å². The van der Waals surface area contributed by atoms with Gasteiger partial charge in [0.2, 0.25) is 0 Å². The molecule has 1 aromatic heterocycles. The van der Waals surface area contributed by atoms with Crippen LogP contribution in [0.5, 0.6) is 0 Å². The number of pyridine rings is 1. The Hall–Kier alpha value is -3.87. The lowest BCUT2D eigenvalue weighted by Crippen LogP contribution is -2.25. The molecule has 0 aliphatic carbocycles. The molecule has 29 heavy (non-hydrogen) atoms. The van der Waals surface area contributed by atoms with E-state index in [0.717, 1.165) is 0 Å². The van der Waals surface area contributed by atoms with Crippen molar-refractivity contribution < 1.29 is 18.8 Å². The maximum absolute atomic E-state index is 13.7. The van der Waals surface area contributed by atoms with E-state index in [1.54, 1.807) is 42.5 Å². The Balaban J connectivity index is 1.69. The molecule has 7 heteroatoms. The number of hydrogen-bond acceptors (Lipinski definition) is 4. The molecule has 0 spiro atoms. The van der Waals surface area contributed by atoms with E-state index in [0.29, 0.717) is 16.8 Å². The molecular formula is C22H18FN3O3. The highest BCUT2D eigenvalue weighted by Gasteiger charge is 2.13. The van der Waals surface area contributed by atoms with Crippen molar-refractivity contribution in [3.05, 3.63) is 95.1 Å². The Morgan fingerprint density at radius 3 is 2.48 bits per heavy atom. The predicted octanol–water partition coefficient (Wildman–Crippen LogP) is 3.61. The number of halogens is 1. The Kier molecular flexibility index (Phi) is 6.09. The maximum atomic E-state index is 13.7. The first kappa shape index (κ1) is 19.9. The lowest BCUT2D eigenvalue weighted by molar-refractivity contribution is 0.0944. The van der Waals surface area contributed by atoms with Gasteiger partial charge >= 0.3 is 0 Å². The quantitative estimate of drug-likeness (QED) is 0.629. The number of Topliss-reactive ketones (excluding diaryl/α,β-unsaturated/α-hetero) is 1. The summed E-state index contributed by atoms with van der Waals surface area (Å²) in [4.78, 5) is 40.2. The number of carbonyl (C=O) groups excluding carboxylic acids is 3. The fraction of sp³-hybridized carbons (Fsp3) is 0.0909. The third-order valence-electron chi connectivity index (χ3n) is 4.18. The third-order valence-corrected chi connectivity index (χ3v) is 4.18. The third kappa shape index (κ3) is 5.10. The second kappa shape index (κ2) is 8.88. The van der Waals surface area contributed by atoms with Gasteiger partial charge in [0.25, 0.3) is 11.8 Å². The van der Waals surface area contributed by atoms with E-state index in [1.165, 1.54) is 31.3 Å². The van der Waals surface area contributed by atoms with E-state index >= 15 is 0 Å². The molecule has 0 bridgehead atoms. The zero-order valence-corrected chi connectivity index (χ0v) is 15.6. The zero-order valence-electron chi connectivity index (χ0n) is 15.6. The zero-order chi connectivity index (χ0) is 20.8. The first-order valence-electron chi connectivity index (χ1n) is 8.84. The van der Waals surface area contributed by atoms with Crippen molar-refractivity contribution in [2.45, 2.75) is 13.5 Å². The van der Waals surface area contributed by atoms with Gasteiger partial charge < -0.3 is 10.6 Å². The van der Waals surface area contributed by atoms with Gasteiger partial charge in [0.1, 0.15) is 11.5 Å². The number of anilines is 1. The molecule has 146 valence electrons. The molecular weight excluding hydrogens is 373 g/mol. The molecule has 2 aromatic carbocycles. The molecule has 1 heterocycles. The number of ketones is 1. The minimum absolute atomic E-state index is 0.00144. The van der Waals surface area contributed by atoms with E-state index < -0.39 is 17.6 Å². The van der Waals surface area contributed by atoms with Gasteiger partial charge in [-0.2, -0.15) is 0 Å². The van der Waals surface area contributed by atoms with Crippen molar-refractivity contribution in [2.24, 2.45) is 0 Å². The lowest BCUT2D eigenvalue weighted by atomic mass is 10.1. The normalized spacial score (nSPS) is 10.3. The van der Waals surface area contributed by atoms with Gasteiger partial charge in [-0.1, -0.05) is 30.3 Å². The highest BCUT2D eigenvalue weighted by molar-refractivity contribution is 6.06. The molecule has 2 amide bonds. The Morgan fingerprint density at radius 2 is 1.72 bits per heavy atom. The van der Waals surface area contributed by atoms with Crippen LogP contribution in [0.15, 0.2) is 66.9 Å². The molecule has 2 N–H and O–H groups in total. The number of rotatable bonds is 6. The topological polar surface area (TPSA) is 88.2 Å². The predicted molar refractivity (Wildman–Crippen MR) is 106 cm³/mol. The van der Waals surface area contributed by atoms with Crippen LogP contribution < -0.4 is 10.6 Å². The Labute approximate surface area is 166 Å². The lowest BCUT2D eigenvalue weighted by Gasteiger charge is -2.08. The summed E-state index contributed by atoms with van der Waals surface area (Å²) < 4.78 is 13.7. The van der Waals surface area contributed by atoms with Crippen LogP contribution in [0, 0.1) is 5.82 Å². The van der Waals surface area contributed by atoms with Gasteiger partial charge in [-0.15, -0.1) is 0 Å². The van der Waals surface area contributed by atoms with Gasteiger partial charge in [0.15, 0.2) is 5.78 Å². The summed E-state index contributed by atoms with van der Waals surface area (Å²) in [6.07, 6.45) is 1.35. The fourth-order valence-corrected chi connectivity index (χ4v) is 2.62. The van der Waals surface area contributed by atoms with Crippen molar-refractivity contribution in [3.8, 4) is 0 Å². The average molecular weight is 391 g/mol. The molecule has 3 aromatic rings. The van der Waals surface area contributed by atoms with Crippen molar-refractivity contribution in [1.82, 2.24) is 10.3 Å². The number of hydrogen-bond donors (Lipinski definition) is 2. The van der Waals surface area contributed by atoms with Crippen LogP contribution >= 0.6 is 0 Å². The van der Waals surface area contributed by atoms with Crippen LogP contribution in [0.1, 0.15) is 43.7 Å². The second-order valence-electron chi connectivity index (χ2n) is 6.29. The number of nitrogens with zero attached hydrogens (tertiary/aromatic N) is 1. The second-order valence-corrected chi connectivity index (χ2v) is 6.29. The van der Waals surface area contributed by atoms with Crippen LogP contribution in [0.4, 0.5) is 10.1 Å². The number of amides is 2. The molecule has 0 saturated carbocycles. The first-order chi connectivity index (χ1) is 13.9. The molecule has 6 nitrogen and oxygen atoms in total. The number of benzene rings is 2. The van der Waals surface area contributed by atoms with Crippen molar-refractivity contribution >= 4 is 23.3 Å². The molecule has 0 aliphatic rings. The maximum Gasteiger partial charge on any atom is 0.270 e. The van der Waals surface area contributed by atoms with Crippen LogP contribution in [-0.2, 0) is 6.54 Å². The number of aromatic nitrogens is 1. The van der Waals surface area contributed by atoms with Crippen LogP contribution in [0.2, 0.25) is 0 Å². The molecule has 0 atom stereocenters. The average Bonchev–Trinajstić information content (AvgIpc) is 2.73. The molecule has 0 fully saturated rings. The van der Waals surface area contributed by atoms with Crippen LogP contribution in [0.3, 0.4) is 0 Å². The van der Waals surface area contributed by atoms with E-state index in [2.05, 4.69) is 15.6 Å². The smallest absolute Gasteiger partial charge is 0.270 e. The van der Waals surface area contributed by atoms with Crippen molar-refractivity contribution in [2.75, 3.05) is 5.32 Å². The summed E-state index contributed by atoms with van der Waals surface area (Å²) >= 11 is 0. The summed E-state index contributed by atoms with van der Waals surface area (Å²) in [5.74, 6) is -1.50. The van der Waals surface area contributed by atoms with Gasteiger partial charge in [-0.25, -0.2) is 4.39 Å². The van der Waals surface area contributed by atoms with Crippen molar-refractivity contribution in [1.29, 1.82) is 0 Å². The largest absolute Gasteiger partial charge is 0.347 e. The van der Waals surface area contributed by atoms with Gasteiger partial charge in [-0.05, 0) is 37.3 Å². The van der Waals surface area contributed by atoms with E-state index in [1.807, 2.05) is 0 Å². The highest BCUT2D eigenvalue weighted by atomic mass is 19.1. The Bertz CT molecular complexity index is 1080. The number of nitrogens with one attached hydrogen (secondary N) is 2. The van der Waals surface area contributed by atoms with Crippen molar-refractivity contribution in [3.63, 3.8) is 0 Å². The molecule has 0 aliphatic heterocycles. The number of carbonyl (C=O) groups is 3. The molecule has 0 radical (unpaired) electrons. The monoisotopic (exact) mass is 391 g/mol. The summed E-state index contributed by atoms with van der Waals surface area (Å²) in [5, 5.41) is 5.27. The SMILES string of the molecule is CC(=O)c1cccc(NC(=O)c2ccnc(C(=O)NCc3ccccc3F)c2)c1. The Morgan fingerprint density at radius 1 is 0.931 bits per heavy atom. The molecule has 0 saturated heterocycles. The standard InChI is InChI=1S/C22H18FN3O3/c1-14(27)15-6-4-7-18(11-15)26-21(28)16-9-10-24-20(12-16)22(29)25-13-17-5-2-3-8-19(17)23/h2-12H,13H2,1H3,(H,25,29)(H,26,28). The summed E-state index contributed by atoms with van der Waals surface area (Å²) in [6.45, 7) is 1.44. The minimum atomic E-state index is -0.526. The van der Waals surface area contributed by atoms with Gasteiger partial charge in [-0.3, -0.25) is 19.4 Å². The van der Waals surface area contributed by atoms with E-state index in [4.69, 9.17) is 0 Å². The molecule has 0 unspecified atom stereocenters. The van der Waals surface area contributed by atoms with Gasteiger partial charge in [0.05, 0.1) is 0 Å². The fourth-order valence-electron chi connectivity index (χ4n) is 2.62. The minimum Gasteiger partial charge on any atom is -0.347 e. The summed E-state index contributed by atoms with van der Waals surface area (Å²) in [7, 11) is 0. The summed E-state index contributed by atoms with van der Waals surface area (Å²) in [6, 6.07) is 15.5. The molecule has 3 rings (SSSR count). The highest BCUT2D eigenvalue weighted by Crippen LogP contribution is 2.13. The van der Waals surface area contributed by atoms with Crippen LogP contribution in [0.25, 0.3) is 0 Å². The van der Waals surface area contributed by atoms with Gasteiger partial charge in [0, 0.05) is 35.1 Å². The van der Waals surface area contributed by atoms with E-state index in [-0.39, 0.29) is 23.6 Å². The first-order valence-corrected chi connectivity index (χ1v) is 8.84. The van der Waals surface area contributed by atoms with Crippen LogP contribution in [-0.4, -0.2) is 22.6 Å². The summed E-state index contributed by atoms with van der Waals surface area (Å²) in [5.41, 5.74) is 1.55.